The van der Waals surface area contributed by atoms with E-state index in [0.717, 1.165) is 6.42 Å². The van der Waals surface area contributed by atoms with Crippen molar-refractivity contribution in [2.45, 2.75) is 44.8 Å². The van der Waals surface area contributed by atoms with Gasteiger partial charge in [0.05, 0.1) is 6.10 Å². The maximum Gasteiger partial charge on any atom is 0.261 e. The van der Waals surface area contributed by atoms with Crippen molar-refractivity contribution in [1.29, 1.82) is 0 Å². The average molecular weight is 443 g/mol. The van der Waals surface area contributed by atoms with Gasteiger partial charge in [0.15, 0.2) is 0 Å². The molecule has 2 nitrogen and oxygen atoms in total. The first-order valence-electron chi connectivity index (χ1n) is 11.5. The van der Waals surface area contributed by atoms with E-state index in [1.165, 1.54) is 15.9 Å². The van der Waals surface area contributed by atoms with Crippen LogP contribution in [0.3, 0.4) is 0 Å². The molecule has 1 aliphatic rings. The molecule has 166 valence electrons. The van der Waals surface area contributed by atoms with E-state index in [1.807, 2.05) is 12.1 Å². The second kappa shape index (κ2) is 9.19. The maximum atomic E-state index is 10.4. The van der Waals surface area contributed by atoms with Crippen molar-refractivity contribution < 1.29 is 9.53 Å². The molecule has 3 aromatic rings. The van der Waals surface area contributed by atoms with Gasteiger partial charge in [-0.1, -0.05) is 124 Å². The van der Waals surface area contributed by atoms with E-state index in [2.05, 4.69) is 112 Å². The largest absolute Gasteiger partial charge is 0.407 e. The summed E-state index contributed by atoms with van der Waals surface area (Å²) in [7, 11) is -2.62. The van der Waals surface area contributed by atoms with Crippen LogP contribution in [-0.4, -0.2) is 26.1 Å². The van der Waals surface area contributed by atoms with E-state index in [0.29, 0.717) is 13.0 Å². The zero-order chi connectivity index (χ0) is 22.7. The van der Waals surface area contributed by atoms with Crippen LogP contribution >= 0.6 is 0 Å². The van der Waals surface area contributed by atoms with Gasteiger partial charge in [0.1, 0.15) is 0 Å². The summed E-state index contributed by atoms with van der Waals surface area (Å²) in [4.78, 5) is 0. The van der Waals surface area contributed by atoms with E-state index < -0.39 is 14.4 Å². The zero-order valence-electron chi connectivity index (χ0n) is 19.4. The molecule has 1 aliphatic carbocycles. The van der Waals surface area contributed by atoms with E-state index >= 15 is 0 Å². The molecule has 0 fully saturated rings. The van der Waals surface area contributed by atoms with Crippen LogP contribution in [0.1, 0.15) is 32.8 Å². The molecule has 1 N–H and O–H groups in total. The predicted octanol–water partition coefficient (Wildman–Crippen LogP) is 5.11. The second-order valence-electron chi connectivity index (χ2n) is 10.1. The molecular formula is C29H34O2Si. The van der Waals surface area contributed by atoms with Crippen molar-refractivity contribution in [3.63, 3.8) is 0 Å². The second-order valence-corrected chi connectivity index (χ2v) is 14.4. The molecular weight excluding hydrogens is 408 g/mol. The minimum Gasteiger partial charge on any atom is -0.407 e. The fourth-order valence-corrected chi connectivity index (χ4v) is 9.83. The molecule has 32 heavy (non-hydrogen) atoms. The SMILES string of the molecule is CC(C)(C)[Si](OC[C@]1(Cc2ccccc2)C=C[C@@H](O)C1)(c1ccccc1)c1ccccc1. The van der Waals surface area contributed by atoms with Crippen LogP contribution in [0, 0.1) is 5.41 Å². The highest BCUT2D eigenvalue weighted by Gasteiger charge is 2.51. The van der Waals surface area contributed by atoms with Gasteiger partial charge in [-0.2, -0.15) is 0 Å². The van der Waals surface area contributed by atoms with Gasteiger partial charge in [0, 0.05) is 12.0 Å². The van der Waals surface area contributed by atoms with Crippen LogP contribution in [0.4, 0.5) is 0 Å². The molecule has 0 heterocycles. The van der Waals surface area contributed by atoms with E-state index in [1.54, 1.807) is 0 Å². The fourth-order valence-electron chi connectivity index (χ4n) is 5.17. The van der Waals surface area contributed by atoms with Crippen molar-refractivity contribution in [1.82, 2.24) is 0 Å². The fraction of sp³-hybridized carbons (Fsp3) is 0.310. The number of rotatable bonds is 7. The first-order chi connectivity index (χ1) is 15.3. The molecule has 0 amide bonds. The Morgan fingerprint density at radius 1 is 0.844 bits per heavy atom. The van der Waals surface area contributed by atoms with Gasteiger partial charge in [0.25, 0.3) is 8.32 Å². The molecule has 3 aromatic carbocycles. The van der Waals surface area contributed by atoms with Crippen LogP contribution in [0.5, 0.6) is 0 Å². The third-order valence-corrected chi connectivity index (χ3v) is 11.7. The van der Waals surface area contributed by atoms with Crippen LogP contribution in [0.2, 0.25) is 5.04 Å². The summed E-state index contributed by atoms with van der Waals surface area (Å²) >= 11 is 0. The quantitative estimate of drug-likeness (QED) is 0.407. The third-order valence-electron chi connectivity index (χ3n) is 6.68. The summed E-state index contributed by atoms with van der Waals surface area (Å²) in [5.74, 6) is 0. The first-order valence-corrected chi connectivity index (χ1v) is 13.4. The number of aliphatic hydroxyl groups excluding tert-OH is 1. The molecule has 0 aliphatic heterocycles. The Bertz CT molecular complexity index is 986. The highest BCUT2D eigenvalue weighted by atomic mass is 28.4. The lowest BCUT2D eigenvalue weighted by molar-refractivity contribution is 0.126. The summed E-state index contributed by atoms with van der Waals surface area (Å²) in [5, 5.41) is 12.9. The summed E-state index contributed by atoms with van der Waals surface area (Å²) in [6.45, 7) is 7.51. The molecule has 0 aromatic heterocycles. The zero-order valence-corrected chi connectivity index (χ0v) is 20.4. The predicted molar refractivity (Wildman–Crippen MR) is 136 cm³/mol. The minimum absolute atomic E-state index is 0.0649. The van der Waals surface area contributed by atoms with Crippen molar-refractivity contribution in [2.75, 3.05) is 6.61 Å². The molecule has 2 atom stereocenters. The molecule has 0 unspecified atom stereocenters. The summed E-state index contributed by atoms with van der Waals surface area (Å²) in [5.41, 5.74) is 1.06. The van der Waals surface area contributed by atoms with Gasteiger partial charge in [0.2, 0.25) is 0 Å². The van der Waals surface area contributed by atoms with Crippen LogP contribution in [0.25, 0.3) is 0 Å². The minimum atomic E-state index is -2.62. The molecule has 3 heteroatoms. The van der Waals surface area contributed by atoms with Crippen molar-refractivity contribution in [2.24, 2.45) is 5.41 Å². The molecule has 4 rings (SSSR count). The number of hydrogen-bond acceptors (Lipinski definition) is 2. The van der Waals surface area contributed by atoms with Crippen LogP contribution in [-0.2, 0) is 10.8 Å². The first kappa shape index (κ1) is 22.7. The van der Waals surface area contributed by atoms with Gasteiger partial charge in [-0.15, -0.1) is 0 Å². The summed E-state index contributed by atoms with van der Waals surface area (Å²) < 4.78 is 7.25. The monoisotopic (exact) mass is 442 g/mol. The van der Waals surface area contributed by atoms with E-state index in [4.69, 9.17) is 4.43 Å². The van der Waals surface area contributed by atoms with Gasteiger partial charge < -0.3 is 9.53 Å². The molecule has 0 saturated heterocycles. The van der Waals surface area contributed by atoms with Gasteiger partial charge >= 0.3 is 0 Å². The van der Waals surface area contributed by atoms with E-state index in [9.17, 15) is 5.11 Å². The average Bonchev–Trinajstić information content (AvgIpc) is 3.16. The lowest BCUT2D eigenvalue weighted by Gasteiger charge is -2.45. The van der Waals surface area contributed by atoms with Crippen molar-refractivity contribution in [3.05, 3.63) is 109 Å². The Kier molecular flexibility index (Phi) is 6.52. The smallest absolute Gasteiger partial charge is 0.261 e. The van der Waals surface area contributed by atoms with E-state index in [-0.39, 0.29) is 10.5 Å². The molecule has 0 spiro atoms. The Balaban J connectivity index is 1.76. The normalized spacial score (nSPS) is 21.1. The highest BCUT2D eigenvalue weighted by Crippen LogP contribution is 2.41. The van der Waals surface area contributed by atoms with Crippen LogP contribution in [0.15, 0.2) is 103 Å². The summed E-state index contributed by atoms with van der Waals surface area (Å²) in [6.07, 6.45) is 5.28. The van der Waals surface area contributed by atoms with Gasteiger partial charge in [-0.3, -0.25) is 0 Å². The number of benzene rings is 3. The van der Waals surface area contributed by atoms with Crippen LogP contribution < -0.4 is 10.4 Å². The standard InChI is InChI=1S/C29H34O2Si/c1-28(2,3)32(26-15-9-5-10-16-26,27-17-11-6-12-18-27)31-23-29(20-19-25(30)22-29)21-24-13-7-4-8-14-24/h4-20,25,30H,21-23H2,1-3H3/t25-,29+/m1/s1. The van der Waals surface area contributed by atoms with Crippen molar-refractivity contribution in [3.8, 4) is 0 Å². The lowest BCUT2D eigenvalue weighted by Crippen LogP contribution is -2.67. The maximum absolute atomic E-state index is 10.4. The Labute approximate surface area is 193 Å². The summed E-state index contributed by atoms with van der Waals surface area (Å²) in [6, 6.07) is 32.1. The molecule has 0 saturated carbocycles. The topological polar surface area (TPSA) is 29.5 Å². The Morgan fingerprint density at radius 3 is 1.78 bits per heavy atom. The lowest BCUT2D eigenvalue weighted by atomic mass is 9.82. The number of hydrogen-bond donors (Lipinski definition) is 1. The highest BCUT2D eigenvalue weighted by molar-refractivity contribution is 6.99. The molecule has 0 bridgehead atoms. The third kappa shape index (κ3) is 4.51. The Morgan fingerprint density at radius 2 is 1.34 bits per heavy atom. The number of aliphatic hydroxyl groups is 1. The Hall–Kier alpha value is -2.46. The van der Waals surface area contributed by atoms with Gasteiger partial charge in [-0.05, 0) is 33.8 Å². The molecule has 0 radical (unpaired) electrons. The van der Waals surface area contributed by atoms with Gasteiger partial charge in [-0.25, -0.2) is 0 Å². The van der Waals surface area contributed by atoms with Crippen molar-refractivity contribution >= 4 is 18.7 Å².